The predicted molar refractivity (Wildman–Crippen MR) is 51.0 cm³/mol. The summed E-state index contributed by atoms with van der Waals surface area (Å²) in [5.74, 6) is 0.801. The van der Waals surface area contributed by atoms with E-state index >= 15 is 0 Å². The van der Waals surface area contributed by atoms with Crippen molar-refractivity contribution in [3.05, 3.63) is 39.7 Å². The molecule has 62 valence electrons. The number of ether oxygens (including phenoxy) is 1. The highest BCUT2D eigenvalue weighted by Crippen LogP contribution is 2.23. The Labute approximate surface area is 80.1 Å². The number of methoxy groups -OCH3 is 1. The lowest BCUT2D eigenvalue weighted by Gasteiger charge is -2.01. The summed E-state index contributed by atoms with van der Waals surface area (Å²) in [6.45, 7) is 7.12. The van der Waals surface area contributed by atoms with E-state index in [1.165, 1.54) is 0 Å². The first-order valence-corrected chi connectivity index (χ1v) is 4.23. The second kappa shape index (κ2) is 4.13. The quantitative estimate of drug-likeness (QED) is 0.707. The van der Waals surface area contributed by atoms with Crippen LogP contribution in [0.15, 0.2) is 22.7 Å². The highest BCUT2D eigenvalue weighted by Gasteiger charge is 2.02. The molecule has 0 aliphatic heterocycles. The third-order valence-electron chi connectivity index (χ3n) is 1.51. The van der Waals surface area contributed by atoms with Crippen molar-refractivity contribution in [2.75, 3.05) is 7.11 Å². The maximum absolute atomic E-state index is 6.71. The normalized spacial score (nSPS) is 9.08. The van der Waals surface area contributed by atoms with Gasteiger partial charge in [0.25, 0.3) is 0 Å². The highest BCUT2D eigenvalue weighted by molar-refractivity contribution is 9.10. The van der Waals surface area contributed by atoms with Crippen molar-refractivity contribution in [1.82, 2.24) is 0 Å². The third-order valence-corrected chi connectivity index (χ3v) is 2.25. The van der Waals surface area contributed by atoms with E-state index in [1.807, 2.05) is 18.2 Å². The molecule has 0 bridgehead atoms. The minimum atomic E-state index is 0.407. The lowest BCUT2D eigenvalue weighted by molar-refractivity contribution is 0.414. The Bertz CT molecular complexity index is 317. The summed E-state index contributed by atoms with van der Waals surface area (Å²) in [6.07, 6.45) is 0. The van der Waals surface area contributed by atoms with Crippen molar-refractivity contribution >= 4 is 15.9 Å². The second-order valence-corrected chi connectivity index (χ2v) is 3.13. The molecular weight excluding hydrogens is 218 g/mol. The first-order valence-electron chi connectivity index (χ1n) is 3.43. The van der Waals surface area contributed by atoms with Gasteiger partial charge in [0.1, 0.15) is 5.75 Å². The van der Waals surface area contributed by atoms with E-state index in [2.05, 4.69) is 20.8 Å². The summed E-state index contributed by atoms with van der Waals surface area (Å²) in [6, 6.07) is 5.60. The van der Waals surface area contributed by atoms with E-state index in [9.17, 15) is 0 Å². The van der Waals surface area contributed by atoms with Crippen molar-refractivity contribution < 1.29 is 4.74 Å². The van der Waals surface area contributed by atoms with Crippen molar-refractivity contribution in [3.63, 3.8) is 0 Å². The average molecular weight is 226 g/mol. The van der Waals surface area contributed by atoms with Crippen molar-refractivity contribution in [2.24, 2.45) is 0 Å². The molecule has 0 aliphatic carbocycles. The number of halogens is 1. The van der Waals surface area contributed by atoms with Crippen LogP contribution < -0.4 is 4.74 Å². The second-order valence-electron chi connectivity index (χ2n) is 2.27. The van der Waals surface area contributed by atoms with Crippen LogP contribution in [0.2, 0.25) is 0 Å². The van der Waals surface area contributed by atoms with Gasteiger partial charge < -0.3 is 9.58 Å². The van der Waals surface area contributed by atoms with E-state index in [0.29, 0.717) is 6.54 Å². The van der Waals surface area contributed by atoms with Crippen LogP contribution in [0, 0.1) is 6.57 Å². The van der Waals surface area contributed by atoms with Crippen LogP contribution in [0.1, 0.15) is 5.56 Å². The van der Waals surface area contributed by atoms with Crippen LogP contribution in [-0.2, 0) is 6.54 Å². The summed E-state index contributed by atoms with van der Waals surface area (Å²) in [4.78, 5) is 3.30. The molecule has 0 N–H and O–H groups in total. The minimum absolute atomic E-state index is 0.407. The molecule has 1 aromatic rings. The molecule has 0 amide bonds. The largest absolute Gasteiger partial charge is 0.497 e. The molecule has 1 aromatic carbocycles. The van der Waals surface area contributed by atoms with Gasteiger partial charge in [0.15, 0.2) is 0 Å². The molecule has 0 radical (unpaired) electrons. The van der Waals surface area contributed by atoms with E-state index in [1.54, 1.807) is 7.11 Å². The van der Waals surface area contributed by atoms with Crippen LogP contribution in [0.5, 0.6) is 5.75 Å². The van der Waals surface area contributed by atoms with Gasteiger partial charge in [0, 0.05) is 10.0 Å². The van der Waals surface area contributed by atoms with Gasteiger partial charge in [-0.2, -0.15) is 0 Å². The van der Waals surface area contributed by atoms with Crippen molar-refractivity contribution in [2.45, 2.75) is 6.54 Å². The lowest BCUT2D eigenvalue weighted by Crippen LogP contribution is -1.86. The minimum Gasteiger partial charge on any atom is -0.497 e. The number of hydrogen-bond donors (Lipinski definition) is 0. The van der Waals surface area contributed by atoms with Crippen molar-refractivity contribution in [3.8, 4) is 5.75 Å². The summed E-state index contributed by atoms with van der Waals surface area (Å²) in [7, 11) is 1.62. The van der Waals surface area contributed by atoms with Gasteiger partial charge in [0.05, 0.1) is 7.11 Å². The molecule has 0 saturated carbocycles. The molecule has 3 heteroatoms. The molecular formula is C9H8BrNO. The SMILES string of the molecule is [C-]#[N+]Cc1ccc(OC)cc1Br. The number of hydrogen-bond acceptors (Lipinski definition) is 1. The average Bonchev–Trinajstić information content (AvgIpc) is 2.09. The predicted octanol–water partition coefficient (Wildman–Crippen LogP) is 2.88. The molecule has 0 fully saturated rings. The molecule has 0 unspecified atom stereocenters. The topological polar surface area (TPSA) is 13.6 Å². The fourth-order valence-corrected chi connectivity index (χ4v) is 1.35. The van der Waals surface area contributed by atoms with Gasteiger partial charge >= 0.3 is 0 Å². The molecule has 2 nitrogen and oxygen atoms in total. The molecule has 12 heavy (non-hydrogen) atoms. The number of benzene rings is 1. The molecule has 0 heterocycles. The highest BCUT2D eigenvalue weighted by atomic mass is 79.9. The van der Waals surface area contributed by atoms with Gasteiger partial charge in [-0.3, -0.25) is 0 Å². The Hall–Kier alpha value is -1.01. The van der Waals surface area contributed by atoms with Gasteiger partial charge in [-0.25, -0.2) is 6.57 Å². The fraction of sp³-hybridized carbons (Fsp3) is 0.222. The Morgan fingerprint density at radius 1 is 1.58 bits per heavy atom. The first-order chi connectivity index (χ1) is 5.77. The van der Waals surface area contributed by atoms with Gasteiger partial charge in [0.2, 0.25) is 6.54 Å². The Morgan fingerprint density at radius 3 is 2.83 bits per heavy atom. The molecule has 0 saturated heterocycles. The van der Waals surface area contributed by atoms with E-state index < -0.39 is 0 Å². The summed E-state index contributed by atoms with van der Waals surface area (Å²) in [5, 5.41) is 0. The van der Waals surface area contributed by atoms with Gasteiger partial charge in [-0.1, -0.05) is 15.9 Å². The lowest BCUT2D eigenvalue weighted by atomic mass is 10.2. The van der Waals surface area contributed by atoms with Crippen LogP contribution in [-0.4, -0.2) is 7.11 Å². The monoisotopic (exact) mass is 225 g/mol. The van der Waals surface area contributed by atoms with Crippen LogP contribution in [0.4, 0.5) is 0 Å². The summed E-state index contributed by atoms with van der Waals surface area (Å²) < 4.78 is 5.95. The summed E-state index contributed by atoms with van der Waals surface area (Å²) >= 11 is 3.37. The zero-order chi connectivity index (χ0) is 8.97. The Kier molecular flexibility index (Phi) is 3.12. The zero-order valence-corrected chi connectivity index (χ0v) is 8.26. The van der Waals surface area contributed by atoms with Crippen LogP contribution in [0.3, 0.4) is 0 Å². The Morgan fingerprint density at radius 2 is 2.33 bits per heavy atom. The zero-order valence-electron chi connectivity index (χ0n) is 6.67. The van der Waals surface area contributed by atoms with Gasteiger partial charge in [-0.15, -0.1) is 0 Å². The van der Waals surface area contributed by atoms with Crippen LogP contribution >= 0.6 is 15.9 Å². The standard InChI is InChI=1S/C9H8BrNO/c1-11-6-7-3-4-8(12-2)5-9(7)10/h3-5H,6H2,2H3. The van der Waals surface area contributed by atoms with Crippen molar-refractivity contribution in [1.29, 1.82) is 0 Å². The summed E-state index contributed by atoms with van der Waals surface area (Å²) in [5.41, 5.74) is 0.991. The molecule has 0 atom stereocenters. The maximum Gasteiger partial charge on any atom is 0.240 e. The maximum atomic E-state index is 6.71. The van der Waals surface area contributed by atoms with Crippen LogP contribution in [0.25, 0.3) is 4.85 Å². The van der Waals surface area contributed by atoms with E-state index in [4.69, 9.17) is 11.3 Å². The molecule has 0 aliphatic rings. The smallest absolute Gasteiger partial charge is 0.240 e. The Balaban J connectivity index is 2.97. The van der Waals surface area contributed by atoms with E-state index in [0.717, 1.165) is 15.8 Å². The molecule has 0 aromatic heterocycles. The molecule has 1 rings (SSSR count). The molecule has 0 spiro atoms. The van der Waals surface area contributed by atoms with E-state index in [-0.39, 0.29) is 0 Å². The third kappa shape index (κ3) is 1.99. The fourth-order valence-electron chi connectivity index (χ4n) is 0.868. The number of rotatable bonds is 2. The van der Waals surface area contributed by atoms with Gasteiger partial charge in [-0.05, 0) is 18.2 Å². The number of nitrogens with zero attached hydrogens (tertiary/aromatic N) is 1. The first kappa shape index (κ1) is 9.08.